The molecule has 0 amide bonds. The molecular weight excluding hydrogens is 383 g/mol. The first-order chi connectivity index (χ1) is 14.8. The SMILES string of the molecule is COc1ccc(B2OC(C)(C)C(C)(C)O2)cc1/C=C/c1ccc(-c2ccccc2)cc1. The van der Waals surface area contributed by atoms with Gasteiger partial charge in [0.2, 0.25) is 0 Å². The number of ether oxygens (including phenoxy) is 1. The molecule has 3 aromatic carbocycles. The Balaban J connectivity index is 1.57. The van der Waals surface area contributed by atoms with Crippen LogP contribution < -0.4 is 10.2 Å². The van der Waals surface area contributed by atoms with E-state index >= 15 is 0 Å². The van der Waals surface area contributed by atoms with E-state index in [1.165, 1.54) is 11.1 Å². The third-order valence-electron chi connectivity index (χ3n) is 6.25. The van der Waals surface area contributed by atoms with Gasteiger partial charge in [-0.3, -0.25) is 0 Å². The molecule has 0 atom stereocenters. The lowest BCUT2D eigenvalue weighted by Gasteiger charge is -2.32. The predicted molar refractivity (Wildman–Crippen MR) is 130 cm³/mol. The smallest absolute Gasteiger partial charge is 0.494 e. The zero-order valence-corrected chi connectivity index (χ0v) is 18.9. The molecule has 1 aliphatic heterocycles. The van der Waals surface area contributed by atoms with Gasteiger partial charge in [-0.15, -0.1) is 0 Å². The Labute approximate surface area is 185 Å². The molecule has 158 valence electrons. The third-order valence-corrected chi connectivity index (χ3v) is 6.25. The van der Waals surface area contributed by atoms with Crippen LogP contribution in [0.2, 0.25) is 0 Å². The van der Waals surface area contributed by atoms with Crippen molar-refractivity contribution in [3.8, 4) is 16.9 Å². The molecule has 3 aromatic rings. The minimum Gasteiger partial charge on any atom is -0.496 e. The highest BCUT2D eigenvalue weighted by atomic mass is 16.7. The van der Waals surface area contributed by atoms with Crippen LogP contribution in [0, 0.1) is 0 Å². The summed E-state index contributed by atoms with van der Waals surface area (Å²) in [6.07, 6.45) is 4.17. The van der Waals surface area contributed by atoms with Crippen LogP contribution in [-0.4, -0.2) is 25.4 Å². The van der Waals surface area contributed by atoms with E-state index in [0.29, 0.717) is 0 Å². The second-order valence-electron chi connectivity index (χ2n) is 8.91. The second kappa shape index (κ2) is 8.37. The highest BCUT2D eigenvalue weighted by Crippen LogP contribution is 2.36. The molecule has 0 aromatic heterocycles. The van der Waals surface area contributed by atoms with Gasteiger partial charge in [0, 0.05) is 5.56 Å². The van der Waals surface area contributed by atoms with Crippen LogP contribution >= 0.6 is 0 Å². The van der Waals surface area contributed by atoms with E-state index < -0.39 is 7.12 Å². The average molecular weight is 412 g/mol. The molecular formula is C27H29BO3. The van der Waals surface area contributed by atoms with Crippen molar-refractivity contribution in [3.63, 3.8) is 0 Å². The van der Waals surface area contributed by atoms with Gasteiger partial charge in [0.05, 0.1) is 18.3 Å². The van der Waals surface area contributed by atoms with Crippen LogP contribution in [0.3, 0.4) is 0 Å². The van der Waals surface area contributed by atoms with Crippen LogP contribution in [0.1, 0.15) is 38.8 Å². The standard InChI is InChI=1S/C27H29BO3/c1-26(2)27(3,4)31-28(30-26)24-17-18-25(29-5)23(19-24)16-13-20-11-14-22(15-12-20)21-9-7-6-8-10-21/h6-19H,1-5H3/b16-13+. The summed E-state index contributed by atoms with van der Waals surface area (Å²) >= 11 is 0. The largest absolute Gasteiger partial charge is 0.496 e. The first-order valence-corrected chi connectivity index (χ1v) is 10.7. The Hall–Kier alpha value is -2.82. The molecule has 0 N–H and O–H groups in total. The van der Waals surface area contributed by atoms with E-state index in [1.807, 2.05) is 18.2 Å². The summed E-state index contributed by atoms with van der Waals surface area (Å²) in [6, 6.07) is 25.0. The molecule has 1 fully saturated rings. The average Bonchev–Trinajstić information content (AvgIpc) is 3.00. The maximum absolute atomic E-state index is 6.21. The van der Waals surface area contributed by atoms with Crippen molar-refractivity contribution in [2.45, 2.75) is 38.9 Å². The predicted octanol–water partition coefficient (Wildman–Crippen LogP) is 5.83. The molecule has 0 unspecified atom stereocenters. The maximum Gasteiger partial charge on any atom is 0.494 e. The summed E-state index contributed by atoms with van der Waals surface area (Å²) in [6.45, 7) is 8.26. The Kier molecular flexibility index (Phi) is 5.78. The van der Waals surface area contributed by atoms with Crippen molar-refractivity contribution >= 4 is 24.7 Å². The minimum atomic E-state index is -0.395. The molecule has 0 aliphatic carbocycles. The lowest BCUT2D eigenvalue weighted by atomic mass is 9.78. The highest BCUT2D eigenvalue weighted by Gasteiger charge is 2.51. The Morgan fingerprint density at radius 3 is 1.97 bits per heavy atom. The highest BCUT2D eigenvalue weighted by molar-refractivity contribution is 6.62. The zero-order chi connectivity index (χ0) is 22.1. The quantitative estimate of drug-likeness (QED) is 0.390. The van der Waals surface area contributed by atoms with Gasteiger partial charge in [0.15, 0.2) is 0 Å². The van der Waals surface area contributed by atoms with Gasteiger partial charge in [-0.2, -0.15) is 0 Å². The van der Waals surface area contributed by atoms with Gasteiger partial charge in [-0.05, 0) is 55.9 Å². The summed E-state index contributed by atoms with van der Waals surface area (Å²) in [5.74, 6) is 0.817. The van der Waals surface area contributed by atoms with E-state index in [9.17, 15) is 0 Å². The van der Waals surface area contributed by atoms with E-state index in [4.69, 9.17) is 14.0 Å². The molecule has 0 saturated carbocycles. The minimum absolute atomic E-state index is 0.367. The van der Waals surface area contributed by atoms with Crippen molar-refractivity contribution in [2.24, 2.45) is 0 Å². The van der Waals surface area contributed by atoms with Crippen LogP contribution in [0.25, 0.3) is 23.3 Å². The first-order valence-electron chi connectivity index (χ1n) is 10.7. The summed E-state index contributed by atoms with van der Waals surface area (Å²) < 4.78 is 18.0. The van der Waals surface area contributed by atoms with Gasteiger partial charge >= 0.3 is 7.12 Å². The Morgan fingerprint density at radius 2 is 1.35 bits per heavy atom. The van der Waals surface area contributed by atoms with Crippen molar-refractivity contribution in [1.82, 2.24) is 0 Å². The number of hydrogen-bond donors (Lipinski definition) is 0. The lowest BCUT2D eigenvalue weighted by Crippen LogP contribution is -2.41. The topological polar surface area (TPSA) is 27.7 Å². The van der Waals surface area contributed by atoms with Crippen LogP contribution in [-0.2, 0) is 9.31 Å². The first kappa shape index (κ1) is 21.4. The summed E-state index contributed by atoms with van der Waals surface area (Å²) in [7, 11) is 1.30. The fourth-order valence-electron chi connectivity index (χ4n) is 3.61. The van der Waals surface area contributed by atoms with Gasteiger partial charge < -0.3 is 14.0 Å². The zero-order valence-electron chi connectivity index (χ0n) is 18.9. The van der Waals surface area contributed by atoms with Crippen molar-refractivity contribution in [1.29, 1.82) is 0 Å². The molecule has 4 heteroatoms. The molecule has 1 heterocycles. The number of benzene rings is 3. The maximum atomic E-state index is 6.21. The van der Waals surface area contributed by atoms with Crippen LogP contribution in [0.4, 0.5) is 0 Å². The van der Waals surface area contributed by atoms with Crippen molar-refractivity contribution in [3.05, 3.63) is 83.9 Å². The van der Waals surface area contributed by atoms with E-state index in [-0.39, 0.29) is 11.2 Å². The molecule has 3 nitrogen and oxygen atoms in total. The number of rotatable bonds is 5. The fourth-order valence-corrected chi connectivity index (χ4v) is 3.61. The van der Waals surface area contributed by atoms with Gasteiger partial charge in [0.1, 0.15) is 5.75 Å². The number of hydrogen-bond acceptors (Lipinski definition) is 3. The second-order valence-corrected chi connectivity index (χ2v) is 8.91. The summed E-state index contributed by atoms with van der Waals surface area (Å²) in [5.41, 5.74) is 4.79. The molecule has 4 rings (SSSR count). The van der Waals surface area contributed by atoms with Gasteiger partial charge in [-0.25, -0.2) is 0 Å². The monoisotopic (exact) mass is 412 g/mol. The molecule has 1 saturated heterocycles. The van der Waals surface area contributed by atoms with E-state index in [0.717, 1.165) is 22.3 Å². The normalized spacial score (nSPS) is 17.3. The third kappa shape index (κ3) is 4.46. The van der Waals surface area contributed by atoms with Gasteiger partial charge in [-0.1, -0.05) is 78.9 Å². The molecule has 1 aliphatic rings. The van der Waals surface area contributed by atoms with E-state index in [2.05, 4.69) is 94.4 Å². The molecule has 0 radical (unpaired) electrons. The van der Waals surface area contributed by atoms with Crippen molar-refractivity contribution < 1.29 is 14.0 Å². The lowest BCUT2D eigenvalue weighted by molar-refractivity contribution is 0.00578. The summed E-state index contributed by atoms with van der Waals surface area (Å²) in [4.78, 5) is 0. The Bertz CT molecular complexity index is 1050. The van der Waals surface area contributed by atoms with E-state index in [1.54, 1.807) is 7.11 Å². The molecule has 31 heavy (non-hydrogen) atoms. The van der Waals surface area contributed by atoms with Crippen molar-refractivity contribution in [2.75, 3.05) is 7.11 Å². The molecule has 0 spiro atoms. The van der Waals surface area contributed by atoms with Crippen LogP contribution in [0.15, 0.2) is 72.8 Å². The van der Waals surface area contributed by atoms with Crippen LogP contribution in [0.5, 0.6) is 5.75 Å². The fraction of sp³-hybridized carbons (Fsp3) is 0.259. The summed E-state index contributed by atoms with van der Waals surface area (Å²) in [5, 5.41) is 0. The number of methoxy groups -OCH3 is 1. The van der Waals surface area contributed by atoms with Gasteiger partial charge in [0.25, 0.3) is 0 Å². The molecule has 0 bridgehead atoms. The Morgan fingerprint density at radius 1 is 0.742 bits per heavy atom.